The van der Waals surface area contributed by atoms with Crippen LogP contribution >= 0.6 is 0 Å². The number of aryl methyl sites for hydroxylation is 1. The number of methoxy groups -OCH3 is 1. The maximum absolute atomic E-state index is 5.28. The number of ether oxygens (including phenoxy) is 1. The third kappa shape index (κ3) is 3.13. The second kappa shape index (κ2) is 6.26. The fourth-order valence-corrected chi connectivity index (χ4v) is 2.31. The van der Waals surface area contributed by atoms with Crippen molar-refractivity contribution in [3.8, 4) is 5.75 Å². The van der Waals surface area contributed by atoms with E-state index in [-0.39, 0.29) is 0 Å². The van der Waals surface area contributed by atoms with Crippen LogP contribution in [-0.4, -0.2) is 28.6 Å². The molecular formula is C16H18N4O. The Morgan fingerprint density at radius 1 is 1.19 bits per heavy atom. The van der Waals surface area contributed by atoms with E-state index in [0.29, 0.717) is 0 Å². The lowest BCUT2D eigenvalue weighted by atomic mass is 10.1. The number of imidazole rings is 1. The lowest BCUT2D eigenvalue weighted by molar-refractivity contribution is 0.415. The normalized spacial score (nSPS) is 10.7. The Morgan fingerprint density at radius 2 is 2.14 bits per heavy atom. The lowest BCUT2D eigenvalue weighted by Crippen LogP contribution is -2.05. The van der Waals surface area contributed by atoms with Crippen LogP contribution in [-0.2, 0) is 6.42 Å². The number of anilines is 1. The fourth-order valence-electron chi connectivity index (χ4n) is 2.31. The molecule has 0 aliphatic carbocycles. The van der Waals surface area contributed by atoms with Crippen LogP contribution < -0.4 is 10.1 Å². The molecule has 0 atom stereocenters. The first-order chi connectivity index (χ1) is 10.4. The third-order valence-corrected chi connectivity index (χ3v) is 3.41. The van der Waals surface area contributed by atoms with Crippen molar-refractivity contribution in [1.82, 2.24) is 15.0 Å². The van der Waals surface area contributed by atoms with Gasteiger partial charge in [0.25, 0.3) is 0 Å². The number of fused-ring (bicyclic) bond motifs is 1. The van der Waals surface area contributed by atoms with Gasteiger partial charge in [-0.05, 0) is 30.0 Å². The minimum Gasteiger partial charge on any atom is -0.497 e. The smallest absolute Gasteiger partial charge is 0.133 e. The number of aromatic amines is 1. The minimum absolute atomic E-state index is 0.842. The van der Waals surface area contributed by atoms with E-state index in [1.165, 1.54) is 0 Å². The van der Waals surface area contributed by atoms with E-state index >= 15 is 0 Å². The summed E-state index contributed by atoms with van der Waals surface area (Å²) in [5, 5.41) is 5.62. The van der Waals surface area contributed by atoms with Gasteiger partial charge in [0.15, 0.2) is 0 Å². The summed E-state index contributed by atoms with van der Waals surface area (Å²) in [5.41, 5.74) is 0. The summed E-state index contributed by atoms with van der Waals surface area (Å²) in [6, 6.07) is 8.02. The zero-order chi connectivity index (χ0) is 14.5. The number of nitrogens with one attached hydrogen (secondary N) is 2. The van der Waals surface area contributed by atoms with Gasteiger partial charge in [-0.2, -0.15) is 0 Å². The Morgan fingerprint density at radius 3 is 2.95 bits per heavy atom. The molecule has 5 nitrogen and oxygen atoms in total. The average molecular weight is 282 g/mol. The molecule has 0 aliphatic rings. The highest BCUT2D eigenvalue weighted by Gasteiger charge is 2.04. The van der Waals surface area contributed by atoms with Crippen molar-refractivity contribution in [2.45, 2.75) is 12.8 Å². The molecule has 0 saturated carbocycles. The molecule has 1 aromatic carbocycles. The Bertz CT molecular complexity index is 709. The molecule has 3 rings (SSSR count). The Balaban J connectivity index is 1.68. The molecule has 5 heteroatoms. The van der Waals surface area contributed by atoms with E-state index < -0.39 is 0 Å². The number of benzene rings is 1. The Hall–Kier alpha value is -2.56. The predicted octanol–water partition coefficient (Wildman–Crippen LogP) is 3.01. The predicted molar refractivity (Wildman–Crippen MR) is 83.7 cm³/mol. The molecule has 0 aliphatic heterocycles. The highest BCUT2D eigenvalue weighted by molar-refractivity contribution is 5.92. The van der Waals surface area contributed by atoms with E-state index in [9.17, 15) is 0 Å². The summed E-state index contributed by atoms with van der Waals surface area (Å²) in [5.74, 6) is 2.75. The topological polar surface area (TPSA) is 62.8 Å². The summed E-state index contributed by atoms with van der Waals surface area (Å²) in [7, 11) is 1.67. The zero-order valence-corrected chi connectivity index (χ0v) is 12.0. The third-order valence-electron chi connectivity index (χ3n) is 3.41. The molecule has 0 amide bonds. The average Bonchev–Trinajstić information content (AvgIpc) is 3.04. The number of hydrogen-bond donors (Lipinski definition) is 2. The highest BCUT2D eigenvalue weighted by Crippen LogP contribution is 2.25. The Kier molecular flexibility index (Phi) is 4.00. The van der Waals surface area contributed by atoms with Gasteiger partial charge in [0.05, 0.1) is 7.11 Å². The van der Waals surface area contributed by atoms with E-state index in [0.717, 1.165) is 47.6 Å². The van der Waals surface area contributed by atoms with E-state index in [4.69, 9.17) is 4.74 Å². The van der Waals surface area contributed by atoms with E-state index in [1.807, 2.05) is 36.7 Å². The summed E-state index contributed by atoms with van der Waals surface area (Å²) in [4.78, 5) is 11.8. The second-order valence-corrected chi connectivity index (χ2v) is 4.81. The van der Waals surface area contributed by atoms with Gasteiger partial charge in [0.1, 0.15) is 17.4 Å². The number of nitrogens with zero attached hydrogens (tertiary/aromatic N) is 2. The van der Waals surface area contributed by atoms with Crippen LogP contribution in [0, 0.1) is 0 Å². The van der Waals surface area contributed by atoms with Crippen molar-refractivity contribution >= 4 is 16.6 Å². The van der Waals surface area contributed by atoms with E-state index in [2.05, 4.69) is 20.3 Å². The molecule has 21 heavy (non-hydrogen) atoms. The molecule has 3 aromatic rings. The monoisotopic (exact) mass is 282 g/mol. The molecule has 2 aromatic heterocycles. The van der Waals surface area contributed by atoms with Crippen molar-refractivity contribution in [2.75, 3.05) is 19.0 Å². The number of rotatable bonds is 6. The summed E-state index contributed by atoms with van der Waals surface area (Å²) >= 11 is 0. The molecule has 0 unspecified atom stereocenters. The number of H-pyrrole nitrogens is 1. The molecule has 2 N–H and O–H groups in total. The van der Waals surface area contributed by atoms with Gasteiger partial charge >= 0.3 is 0 Å². The largest absolute Gasteiger partial charge is 0.497 e. The van der Waals surface area contributed by atoms with Crippen LogP contribution in [0.15, 0.2) is 42.9 Å². The second-order valence-electron chi connectivity index (χ2n) is 4.81. The first-order valence-corrected chi connectivity index (χ1v) is 7.02. The number of pyridine rings is 1. The molecule has 0 bridgehead atoms. The molecule has 0 spiro atoms. The Labute approximate surface area is 123 Å². The van der Waals surface area contributed by atoms with Gasteiger partial charge in [-0.3, -0.25) is 0 Å². The summed E-state index contributed by atoms with van der Waals surface area (Å²) < 4.78 is 5.28. The van der Waals surface area contributed by atoms with Gasteiger partial charge in [-0.25, -0.2) is 9.97 Å². The molecule has 2 heterocycles. The number of hydrogen-bond acceptors (Lipinski definition) is 4. The van der Waals surface area contributed by atoms with Gasteiger partial charge in [-0.1, -0.05) is 6.07 Å². The van der Waals surface area contributed by atoms with Crippen molar-refractivity contribution < 1.29 is 4.74 Å². The zero-order valence-electron chi connectivity index (χ0n) is 12.0. The first kappa shape index (κ1) is 13.4. The van der Waals surface area contributed by atoms with Crippen LogP contribution in [0.1, 0.15) is 12.2 Å². The fraction of sp³-hybridized carbons (Fsp3) is 0.250. The molecule has 0 saturated heterocycles. The molecule has 0 fully saturated rings. The minimum atomic E-state index is 0.842. The number of aromatic nitrogens is 3. The quantitative estimate of drug-likeness (QED) is 0.682. The summed E-state index contributed by atoms with van der Waals surface area (Å²) in [6.45, 7) is 0.851. The maximum Gasteiger partial charge on any atom is 0.133 e. The first-order valence-electron chi connectivity index (χ1n) is 7.02. The van der Waals surface area contributed by atoms with Crippen molar-refractivity contribution in [3.05, 3.63) is 48.7 Å². The standard InChI is InChI=1S/C16H18N4O/c1-21-13-5-4-12-6-8-20-16(14(12)11-13)19-7-2-3-15-17-9-10-18-15/h4-6,8-11H,2-3,7H2,1H3,(H,17,18)(H,19,20). The van der Waals surface area contributed by atoms with Gasteiger partial charge < -0.3 is 15.0 Å². The van der Waals surface area contributed by atoms with Crippen molar-refractivity contribution in [3.63, 3.8) is 0 Å². The molecule has 108 valence electrons. The van der Waals surface area contributed by atoms with Crippen molar-refractivity contribution in [2.24, 2.45) is 0 Å². The highest BCUT2D eigenvalue weighted by atomic mass is 16.5. The van der Waals surface area contributed by atoms with E-state index in [1.54, 1.807) is 13.3 Å². The van der Waals surface area contributed by atoms with Crippen LogP contribution in [0.2, 0.25) is 0 Å². The lowest BCUT2D eigenvalue weighted by Gasteiger charge is -2.09. The van der Waals surface area contributed by atoms with Crippen LogP contribution in [0.25, 0.3) is 10.8 Å². The summed E-state index contributed by atoms with van der Waals surface area (Å²) in [6.07, 6.45) is 7.37. The molecular weight excluding hydrogens is 264 g/mol. The van der Waals surface area contributed by atoms with Crippen LogP contribution in [0.4, 0.5) is 5.82 Å². The molecule has 0 radical (unpaired) electrons. The van der Waals surface area contributed by atoms with Gasteiger partial charge in [0, 0.05) is 36.9 Å². The van der Waals surface area contributed by atoms with Crippen molar-refractivity contribution in [1.29, 1.82) is 0 Å². The van der Waals surface area contributed by atoms with Gasteiger partial charge in [0.2, 0.25) is 0 Å². The maximum atomic E-state index is 5.28. The SMILES string of the molecule is COc1ccc2ccnc(NCCCc3ncc[nH]3)c2c1. The van der Waals surface area contributed by atoms with Crippen LogP contribution in [0.3, 0.4) is 0 Å². The van der Waals surface area contributed by atoms with Gasteiger partial charge in [-0.15, -0.1) is 0 Å². The van der Waals surface area contributed by atoms with Crippen LogP contribution in [0.5, 0.6) is 5.75 Å².